The molecule has 3 aromatic heterocycles. The second kappa shape index (κ2) is 15.7. The summed E-state index contributed by atoms with van der Waals surface area (Å²) in [4.78, 5) is 9.81. The van der Waals surface area contributed by atoms with Crippen LogP contribution in [0, 0.1) is 0 Å². The lowest BCUT2D eigenvalue weighted by atomic mass is 9.91. The summed E-state index contributed by atoms with van der Waals surface area (Å²) in [6.45, 7) is 0. The van der Waals surface area contributed by atoms with Crippen molar-refractivity contribution in [2.45, 2.75) is 0 Å². The number of benzene rings is 11. The third-order valence-electron chi connectivity index (χ3n) is 13.7. The lowest BCUT2D eigenvalue weighted by Gasteiger charge is -2.14. The second-order valence-corrected chi connectivity index (χ2v) is 19.8. The standard InChI is InChI=1S/C64H38N2S2/c1-3-23-57-53(19-1)61-49(21-9-25-59(61)67-57)47-17-7-15-43(35-47)39-11-5-13-41(33-39)45-27-29-51-55(37-45)56-38-46(28-30-52(56)64-63(51)65-31-32-66-64)42-14-6-12-40(34-42)44-16-8-18-48(36-44)50-22-10-26-60-62(50)54-20-2-4-24-58(54)68-60/h1-38H. The topological polar surface area (TPSA) is 25.8 Å². The molecule has 0 amide bonds. The number of hydrogen-bond acceptors (Lipinski definition) is 4. The fourth-order valence-corrected chi connectivity index (χ4v) is 12.8. The monoisotopic (exact) mass is 898 g/mol. The molecule has 0 aliphatic rings. The molecule has 3 heterocycles. The van der Waals surface area contributed by atoms with E-state index in [2.05, 4.69) is 218 Å². The molecular weight excluding hydrogens is 861 g/mol. The van der Waals surface area contributed by atoms with Crippen molar-refractivity contribution in [1.29, 1.82) is 0 Å². The van der Waals surface area contributed by atoms with Gasteiger partial charge < -0.3 is 0 Å². The van der Waals surface area contributed by atoms with Crippen molar-refractivity contribution >= 4 is 95.6 Å². The first-order chi connectivity index (χ1) is 33.7. The summed E-state index contributed by atoms with van der Waals surface area (Å²) in [5.74, 6) is 0. The Bertz CT molecular complexity index is 4070. The van der Waals surface area contributed by atoms with Gasteiger partial charge in [0.15, 0.2) is 0 Å². The number of aromatic nitrogens is 2. The van der Waals surface area contributed by atoms with E-state index in [-0.39, 0.29) is 0 Å². The molecule has 0 bridgehead atoms. The van der Waals surface area contributed by atoms with Crippen LogP contribution in [0.4, 0.5) is 0 Å². The van der Waals surface area contributed by atoms with Gasteiger partial charge in [0.1, 0.15) is 0 Å². The third-order valence-corrected chi connectivity index (χ3v) is 16.0. The van der Waals surface area contributed by atoms with Crippen LogP contribution in [-0.4, -0.2) is 9.97 Å². The van der Waals surface area contributed by atoms with E-state index in [0.717, 1.165) is 43.7 Å². The summed E-state index contributed by atoms with van der Waals surface area (Å²) in [7, 11) is 0. The minimum atomic E-state index is 0.918. The van der Waals surface area contributed by atoms with E-state index in [4.69, 9.17) is 9.97 Å². The van der Waals surface area contributed by atoms with E-state index < -0.39 is 0 Å². The fourth-order valence-electron chi connectivity index (χ4n) is 10.6. The highest BCUT2D eigenvalue weighted by atomic mass is 32.1. The van der Waals surface area contributed by atoms with Gasteiger partial charge in [0.25, 0.3) is 0 Å². The lowest BCUT2D eigenvalue weighted by Crippen LogP contribution is -1.90. The highest BCUT2D eigenvalue weighted by molar-refractivity contribution is 7.26. The predicted octanol–water partition coefficient (Wildman–Crippen LogP) is 18.7. The molecule has 0 aliphatic heterocycles. The minimum Gasteiger partial charge on any atom is -0.252 e. The second-order valence-electron chi connectivity index (χ2n) is 17.7. The zero-order chi connectivity index (χ0) is 44.7. The van der Waals surface area contributed by atoms with Gasteiger partial charge in [-0.1, -0.05) is 158 Å². The summed E-state index contributed by atoms with van der Waals surface area (Å²) in [5.41, 5.74) is 16.2. The van der Waals surface area contributed by atoms with Crippen LogP contribution in [0.2, 0.25) is 0 Å². The maximum Gasteiger partial charge on any atom is 0.0971 e. The highest BCUT2D eigenvalue weighted by Crippen LogP contribution is 2.44. The maximum absolute atomic E-state index is 4.90. The van der Waals surface area contributed by atoms with Crippen molar-refractivity contribution in [3.63, 3.8) is 0 Å². The van der Waals surface area contributed by atoms with Crippen molar-refractivity contribution < 1.29 is 0 Å². The molecule has 2 nitrogen and oxygen atoms in total. The molecule has 14 aromatic rings. The molecule has 0 atom stereocenters. The Morgan fingerprint density at radius 3 is 1.00 bits per heavy atom. The fraction of sp³-hybridized carbons (Fsp3) is 0. The average Bonchev–Trinajstić information content (AvgIpc) is 4.00. The molecule has 0 saturated carbocycles. The quantitative estimate of drug-likeness (QED) is 0.155. The van der Waals surface area contributed by atoms with E-state index in [1.165, 1.54) is 96.0 Å². The molecular formula is C64H38N2S2. The summed E-state index contributed by atoms with van der Waals surface area (Å²) in [5, 5.41) is 9.81. The number of thiophene rings is 2. The molecule has 14 rings (SSSR count). The molecule has 0 spiro atoms. The van der Waals surface area contributed by atoms with Gasteiger partial charge >= 0.3 is 0 Å². The molecule has 0 fully saturated rings. The van der Waals surface area contributed by atoms with Crippen molar-refractivity contribution in [1.82, 2.24) is 9.97 Å². The van der Waals surface area contributed by atoms with Gasteiger partial charge in [-0.2, -0.15) is 0 Å². The van der Waals surface area contributed by atoms with Gasteiger partial charge in [-0.15, -0.1) is 22.7 Å². The minimum absolute atomic E-state index is 0.918. The Labute approximate surface area is 400 Å². The van der Waals surface area contributed by atoms with Crippen molar-refractivity contribution in [2.75, 3.05) is 0 Å². The summed E-state index contributed by atoms with van der Waals surface area (Å²) in [6.07, 6.45) is 3.61. The summed E-state index contributed by atoms with van der Waals surface area (Å²) < 4.78 is 5.28. The van der Waals surface area contributed by atoms with E-state index >= 15 is 0 Å². The number of nitrogens with zero attached hydrogens (tertiary/aromatic N) is 2. The Balaban J connectivity index is 0.852. The van der Waals surface area contributed by atoms with Crippen LogP contribution in [0.1, 0.15) is 0 Å². The molecule has 0 unspecified atom stereocenters. The van der Waals surface area contributed by atoms with Crippen LogP contribution in [0.15, 0.2) is 231 Å². The SMILES string of the molecule is c1cc(-c2cccc(-c3cccc4sc5ccccc5c34)c2)cc(-c2ccc3c(c2)c2cc(-c4cccc(-c5cccc(-c6cccc7sc8ccccc8c67)c5)c4)ccc2c2nccnc32)c1. The van der Waals surface area contributed by atoms with E-state index in [9.17, 15) is 0 Å². The van der Waals surface area contributed by atoms with Gasteiger partial charge in [0, 0.05) is 63.5 Å². The first-order valence-corrected chi connectivity index (χ1v) is 24.7. The first-order valence-electron chi connectivity index (χ1n) is 23.0. The Kier molecular flexibility index (Phi) is 8.98. The normalized spacial score (nSPS) is 11.8. The van der Waals surface area contributed by atoms with Crippen LogP contribution < -0.4 is 0 Å². The average molecular weight is 899 g/mol. The van der Waals surface area contributed by atoms with E-state index in [0.29, 0.717) is 0 Å². The Morgan fingerprint density at radius 1 is 0.235 bits per heavy atom. The van der Waals surface area contributed by atoms with Crippen LogP contribution in [0.3, 0.4) is 0 Å². The molecule has 0 N–H and O–H groups in total. The smallest absolute Gasteiger partial charge is 0.0971 e. The van der Waals surface area contributed by atoms with E-state index in [1.807, 2.05) is 22.7 Å². The van der Waals surface area contributed by atoms with Crippen molar-refractivity contribution in [3.05, 3.63) is 231 Å². The molecule has 4 heteroatoms. The van der Waals surface area contributed by atoms with Crippen LogP contribution in [0.5, 0.6) is 0 Å². The summed E-state index contributed by atoms with van der Waals surface area (Å²) in [6, 6.07) is 80.5. The van der Waals surface area contributed by atoms with Crippen LogP contribution in [-0.2, 0) is 0 Å². The molecule has 68 heavy (non-hydrogen) atoms. The number of fused-ring (bicyclic) bond motifs is 12. The molecule has 0 saturated heterocycles. The largest absolute Gasteiger partial charge is 0.252 e. The Morgan fingerprint density at radius 2 is 0.574 bits per heavy atom. The third kappa shape index (κ3) is 6.37. The first kappa shape index (κ1) is 38.9. The van der Waals surface area contributed by atoms with Gasteiger partial charge in [-0.05, 0) is 138 Å². The van der Waals surface area contributed by atoms with Crippen molar-refractivity contribution in [2.24, 2.45) is 0 Å². The highest BCUT2D eigenvalue weighted by Gasteiger charge is 2.16. The zero-order valence-corrected chi connectivity index (χ0v) is 38.3. The zero-order valence-electron chi connectivity index (χ0n) is 36.7. The maximum atomic E-state index is 4.90. The van der Waals surface area contributed by atoms with Gasteiger partial charge in [0.05, 0.1) is 11.0 Å². The number of rotatable bonds is 6. The number of hydrogen-bond donors (Lipinski definition) is 0. The lowest BCUT2D eigenvalue weighted by molar-refractivity contribution is 1.31. The molecule has 11 aromatic carbocycles. The summed E-state index contributed by atoms with van der Waals surface area (Å²) >= 11 is 3.73. The van der Waals surface area contributed by atoms with Crippen LogP contribution >= 0.6 is 22.7 Å². The van der Waals surface area contributed by atoms with E-state index in [1.54, 1.807) is 12.4 Å². The molecule has 0 aliphatic carbocycles. The van der Waals surface area contributed by atoms with Gasteiger partial charge in [0.2, 0.25) is 0 Å². The van der Waals surface area contributed by atoms with Gasteiger partial charge in [-0.25, -0.2) is 0 Å². The molecule has 316 valence electrons. The van der Waals surface area contributed by atoms with Gasteiger partial charge in [-0.3, -0.25) is 9.97 Å². The van der Waals surface area contributed by atoms with Crippen LogP contribution in [0.25, 0.3) is 140 Å². The predicted molar refractivity (Wildman–Crippen MR) is 293 cm³/mol. The van der Waals surface area contributed by atoms with Crippen molar-refractivity contribution in [3.8, 4) is 66.8 Å². The Hall–Kier alpha value is -8.28. The molecule has 0 radical (unpaired) electrons.